The zero-order chi connectivity index (χ0) is 16.4. The fourth-order valence-electron chi connectivity index (χ4n) is 2.10. The maximum atomic E-state index is 12.6. The number of benzene rings is 2. The molecule has 1 aliphatic heterocycles. The summed E-state index contributed by atoms with van der Waals surface area (Å²) < 4.78 is 0.480. The van der Waals surface area contributed by atoms with Crippen molar-refractivity contribution in [2.45, 2.75) is 0 Å². The maximum absolute atomic E-state index is 12.6. The first kappa shape index (κ1) is 15.9. The normalized spacial score (nSPS) is 16.2. The van der Waals surface area contributed by atoms with E-state index in [0.717, 1.165) is 11.8 Å². The van der Waals surface area contributed by atoms with E-state index in [1.165, 1.54) is 16.7 Å². The molecule has 0 N–H and O–H groups in total. The van der Waals surface area contributed by atoms with Crippen molar-refractivity contribution in [2.75, 3.05) is 4.90 Å². The highest BCUT2D eigenvalue weighted by Crippen LogP contribution is 2.36. The van der Waals surface area contributed by atoms with Gasteiger partial charge in [0.1, 0.15) is 6.29 Å². The van der Waals surface area contributed by atoms with Crippen molar-refractivity contribution in [3.05, 3.63) is 69.6 Å². The molecule has 0 unspecified atom stereocenters. The lowest BCUT2D eigenvalue weighted by Crippen LogP contribution is -2.27. The van der Waals surface area contributed by atoms with E-state index in [-0.39, 0.29) is 5.91 Å². The topological polar surface area (TPSA) is 37.4 Å². The molecule has 0 spiro atoms. The summed E-state index contributed by atoms with van der Waals surface area (Å²) in [4.78, 5) is 25.3. The first-order chi connectivity index (χ1) is 11.1. The number of rotatable bonds is 3. The van der Waals surface area contributed by atoms with E-state index in [2.05, 4.69) is 0 Å². The highest BCUT2D eigenvalue weighted by molar-refractivity contribution is 8.27. The number of hydrogen-bond acceptors (Lipinski definition) is 4. The van der Waals surface area contributed by atoms with Crippen LogP contribution in [0.5, 0.6) is 0 Å². The number of hydrogen-bond donors (Lipinski definition) is 0. The number of nitrogens with zero attached hydrogens (tertiary/aromatic N) is 1. The molecule has 3 nitrogen and oxygen atoms in total. The van der Waals surface area contributed by atoms with Crippen molar-refractivity contribution in [2.24, 2.45) is 0 Å². The second kappa shape index (κ2) is 6.66. The smallest absolute Gasteiger partial charge is 0.270 e. The van der Waals surface area contributed by atoms with Gasteiger partial charge in [0.15, 0.2) is 4.32 Å². The predicted octanol–water partition coefficient (Wildman–Crippen LogP) is 4.56. The van der Waals surface area contributed by atoms with Crippen LogP contribution in [0, 0.1) is 0 Å². The maximum Gasteiger partial charge on any atom is 0.270 e. The number of halogens is 1. The lowest BCUT2D eigenvalue weighted by atomic mass is 10.1. The van der Waals surface area contributed by atoms with Crippen molar-refractivity contribution in [1.82, 2.24) is 0 Å². The van der Waals surface area contributed by atoms with Crippen LogP contribution in [0.2, 0.25) is 5.02 Å². The fraction of sp³-hybridized carbons (Fsp3) is 0. The van der Waals surface area contributed by atoms with Gasteiger partial charge in [-0.05, 0) is 35.9 Å². The van der Waals surface area contributed by atoms with E-state index >= 15 is 0 Å². The van der Waals surface area contributed by atoms with Crippen molar-refractivity contribution in [1.29, 1.82) is 0 Å². The lowest BCUT2D eigenvalue weighted by molar-refractivity contribution is -0.113. The van der Waals surface area contributed by atoms with Crippen LogP contribution >= 0.6 is 35.6 Å². The summed E-state index contributed by atoms with van der Waals surface area (Å²) in [7, 11) is 0. The Morgan fingerprint density at radius 2 is 1.61 bits per heavy atom. The third-order valence-electron chi connectivity index (χ3n) is 3.25. The van der Waals surface area contributed by atoms with Crippen molar-refractivity contribution in [3.8, 4) is 0 Å². The van der Waals surface area contributed by atoms with E-state index in [0.29, 0.717) is 25.5 Å². The number of thiocarbonyl (C=S) groups is 1. The van der Waals surface area contributed by atoms with E-state index in [9.17, 15) is 9.59 Å². The molecule has 0 saturated carbocycles. The van der Waals surface area contributed by atoms with Gasteiger partial charge in [0.2, 0.25) is 0 Å². The fourth-order valence-corrected chi connectivity index (χ4v) is 3.53. The summed E-state index contributed by atoms with van der Waals surface area (Å²) in [5, 5.41) is 0.602. The number of amides is 1. The Bertz CT molecular complexity index is 813. The SMILES string of the molecule is O=Cc1ccc(/C=C2/SC(=S)N(c3ccc(Cl)cc3)C2=O)cc1. The minimum absolute atomic E-state index is 0.165. The summed E-state index contributed by atoms with van der Waals surface area (Å²) in [5.74, 6) is -0.165. The molecule has 0 radical (unpaired) electrons. The van der Waals surface area contributed by atoms with Gasteiger partial charge in [0.05, 0.1) is 10.6 Å². The van der Waals surface area contributed by atoms with Gasteiger partial charge < -0.3 is 0 Å². The van der Waals surface area contributed by atoms with Gasteiger partial charge in [-0.25, -0.2) is 0 Å². The Morgan fingerprint density at radius 1 is 1.00 bits per heavy atom. The predicted molar refractivity (Wildman–Crippen MR) is 98.9 cm³/mol. The molecule has 6 heteroatoms. The Hall–Kier alpha value is -1.95. The van der Waals surface area contributed by atoms with Crippen molar-refractivity contribution in [3.63, 3.8) is 0 Å². The standard InChI is InChI=1S/C17H10ClNO2S2/c18-13-5-7-14(8-6-13)19-16(21)15(23-17(19)22)9-11-1-3-12(10-20)4-2-11/h1-10H/b15-9+. The largest absolute Gasteiger partial charge is 0.298 e. The average molecular weight is 360 g/mol. The molecule has 0 aromatic heterocycles. The molecule has 1 fully saturated rings. The first-order valence-corrected chi connectivity index (χ1v) is 8.27. The van der Waals surface area contributed by atoms with Gasteiger partial charge in [-0.1, -0.05) is 59.8 Å². The second-order valence-electron chi connectivity index (χ2n) is 4.78. The van der Waals surface area contributed by atoms with E-state index in [4.69, 9.17) is 23.8 Å². The lowest BCUT2D eigenvalue weighted by Gasteiger charge is -2.14. The molecule has 0 bridgehead atoms. The Morgan fingerprint density at radius 3 is 2.22 bits per heavy atom. The van der Waals surface area contributed by atoms with Crippen LogP contribution in [0.1, 0.15) is 15.9 Å². The van der Waals surface area contributed by atoms with Crippen molar-refractivity contribution >= 4 is 63.9 Å². The van der Waals surface area contributed by atoms with Gasteiger partial charge >= 0.3 is 0 Å². The van der Waals surface area contributed by atoms with Crippen LogP contribution in [0.25, 0.3) is 6.08 Å². The van der Waals surface area contributed by atoms with Crippen LogP contribution in [0.4, 0.5) is 5.69 Å². The summed E-state index contributed by atoms with van der Waals surface area (Å²) in [6.45, 7) is 0. The minimum atomic E-state index is -0.165. The molecule has 0 aliphatic carbocycles. The number of carbonyl (C=O) groups is 2. The summed E-state index contributed by atoms with van der Waals surface area (Å²) in [6, 6.07) is 14.0. The molecule has 1 saturated heterocycles. The average Bonchev–Trinajstić information content (AvgIpc) is 2.83. The van der Waals surface area contributed by atoms with Gasteiger partial charge in [-0.2, -0.15) is 0 Å². The van der Waals surface area contributed by atoms with E-state index in [1.54, 1.807) is 54.6 Å². The van der Waals surface area contributed by atoms with E-state index < -0.39 is 0 Å². The van der Waals surface area contributed by atoms with Gasteiger partial charge in [-0.15, -0.1) is 0 Å². The Kier molecular flexibility index (Phi) is 4.61. The summed E-state index contributed by atoms with van der Waals surface area (Å²) in [6.07, 6.45) is 2.55. The molecule has 1 heterocycles. The molecular weight excluding hydrogens is 350 g/mol. The molecule has 114 valence electrons. The third-order valence-corrected chi connectivity index (χ3v) is 4.80. The molecule has 23 heavy (non-hydrogen) atoms. The van der Waals surface area contributed by atoms with Crippen molar-refractivity contribution < 1.29 is 9.59 Å². The molecule has 1 aliphatic rings. The highest BCUT2D eigenvalue weighted by atomic mass is 35.5. The molecule has 1 amide bonds. The third kappa shape index (κ3) is 3.37. The second-order valence-corrected chi connectivity index (χ2v) is 6.89. The highest BCUT2D eigenvalue weighted by Gasteiger charge is 2.33. The zero-order valence-corrected chi connectivity index (χ0v) is 14.1. The van der Waals surface area contributed by atoms with Crippen LogP contribution in [0.15, 0.2) is 53.4 Å². The van der Waals surface area contributed by atoms with E-state index in [1.807, 2.05) is 0 Å². The zero-order valence-electron chi connectivity index (χ0n) is 11.7. The van der Waals surface area contributed by atoms with Gasteiger partial charge in [-0.3, -0.25) is 14.5 Å². The van der Waals surface area contributed by atoms with Crippen LogP contribution < -0.4 is 4.90 Å². The molecular formula is C17H10ClNO2S2. The number of carbonyl (C=O) groups excluding carboxylic acids is 2. The number of thioether (sulfide) groups is 1. The Labute approximate surface area is 147 Å². The molecule has 0 atom stereocenters. The van der Waals surface area contributed by atoms with Gasteiger partial charge in [0, 0.05) is 10.6 Å². The number of aldehydes is 1. The van der Waals surface area contributed by atoms with Crippen LogP contribution in [-0.2, 0) is 4.79 Å². The first-order valence-electron chi connectivity index (χ1n) is 6.67. The summed E-state index contributed by atoms with van der Waals surface area (Å²) in [5.41, 5.74) is 2.12. The minimum Gasteiger partial charge on any atom is -0.298 e. The molecule has 3 rings (SSSR count). The van der Waals surface area contributed by atoms with Crippen LogP contribution in [-0.4, -0.2) is 16.5 Å². The van der Waals surface area contributed by atoms with Crippen LogP contribution in [0.3, 0.4) is 0 Å². The number of anilines is 1. The quantitative estimate of drug-likeness (QED) is 0.457. The monoisotopic (exact) mass is 359 g/mol. The Balaban J connectivity index is 1.89. The summed E-state index contributed by atoms with van der Waals surface area (Å²) >= 11 is 12.4. The van der Waals surface area contributed by atoms with Gasteiger partial charge in [0.25, 0.3) is 5.91 Å². The molecule has 2 aromatic rings. The molecule has 2 aromatic carbocycles.